The summed E-state index contributed by atoms with van der Waals surface area (Å²) in [7, 11) is 0. The summed E-state index contributed by atoms with van der Waals surface area (Å²) < 4.78 is 17.3. The van der Waals surface area contributed by atoms with Crippen LogP contribution < -0.4 is 14.8 Å². The van der Waals surface area contributed by atoms with Gasteiger partial charge in [0.2, 0.25) is 5.91 Å². The lowest BCUT2D eigenvalue weighted by molar-refractivity contribution is -0.122. The summed E-state index contributed by atoms with van der Waals surface area (Å²) in [6.45, 7) is 6.29. The minimum Gasteiger partial charge on any atom is -0.486 e. The van der Waals surface area contributed by atoms with E-state index in [-0.39, 0.29) is 18.1 Å². The SMILES string of the molecule is CCCCCCCC(=O)NC(CN1CCCC1)C(OI)c1ccc2c(c1)OCCO2. The number of likely N-dealkylation sites (tertiary alicyclic amines) is 1. The van der Waals surface area contributed by atoms with E-state index >= 15 is 0 Å². The van der Waals surface area contributed by atoms with Crippen molar-refractivity contribution >= 4 is 28.9 Å². The smallest absolute Gasteiger partial charge is 0.220 e. The Balaban J connectivity index is 1.66. The lowest BCUT2D eigenvalue weighted by Crippen LogP contribution is -2.46. The number of carbonyl (C=O) groups excluding carboxylic acids is 1. The number of ether oxygens (including phenoxy) is 2. The molecule has 0 bridgehead atoms. The van der Waals surface area contributed by atoms with Crippen molar-refractivity contribution in [1.29, 1.82) is 0 Å². The molecule has 3 rings (SSSR count). The Morgan fingerprint density at radius 2 is 1.87 bits per heavy atom. The van der Waals surface area contributed by atoms with Gasteiger partial charge in [-0.05, 0) is 50.0 Å². The number of carbonyl (C=O) groups is 1. The quantitative estimate of drug-likeness (QED) is 0.311. The molecule has 0 saturated carbocycles. The Morgan fingerprint density at radius 1 is 1.13 bits per heavy atom. The van der Waals surface area contributed by atoms with Crippen molar-refractivity contribution < 1.29 is 17.3 Å². The number of rotatable bonds is 12. The minimum absolute atomic E-state index is 0.106. The van der Waals surface area contributed by atoms with Crippen molar-refractivity contribution in [2.24, 2.45) is 0 Å². The van der Waals surface area contributed by atoms with Gasteiger partial charge in [-0.25, -0.2) is 0 Å². The molecule has 1 N–H and O–H groups in total. The molecule has 1 saturated heterocycles. The second kappa shape index (κ2) is 12.7. The van der Waals surface area contributed by atoms with Crippen LogP contribution in [0.1, 0.15) is 70.0 Å². The zero-order chi connectivity index (χ0) is 21.2. The van der Waals surface area contributed by atoms with E-state index in [0.717, 1.165) is 49.5 Å². The van der Waals surface area contributed by atoms with Gasteiger partial charge in [0.15, 0.2) is 11.5 Å². The maximum Gasteiger partial charge on any atom is 0.220 e. The largest absolute Gasteiger partial charge is 0.486 e. The first-order valence-corrected chi connectivity index (χ1v) is 12.3. The Bertz CT molecular complexity index is 667. The van der Waals surface area contributed by atoms with Crippen molar-refractivity contribution in [3.05, 3.63) is 23.8 Å². The van der Waals surface area contributed by atoms with E-state index in [1.807, 2.05) is 41.2 Å². The Kier molecular flexibility index (Phi) is 10.00. The summed E-state index contributed by atoms with van der Waals surface area (Å²) in [5.74, 6) is 1.63. The second-order valence-electron chi connectivity index (χ2n) is 8.26. The Hall–Kier alpha value is -1.06. The monoisotopic (exact) mass is 530 g/mol. The molecule has 2 heterocycles. The van der Waals surface area contributed by atoms with E-state index in [1.54, 1.807) is 0 Å². The highest BCUT2D eigenvalue weighted by Gasteiger charge is 2.29. The zero-order valence-corrected chi connectivity index (χ0v) is 20.2. The molecule has 0 aliphatic carbocycles. The zero-order valence-electron chi connectivity index (χ0n) is 18.0. The molecule has 2 unspecified atom stereocenters. The Labute approximate surface area is 194 Å². The van der Waals surface area contributed by atoms with Crippen LogP contribution in [0.2, 0.25) is 0 Å². The van der Waals surface area contributed by atoms with E-state index < -0.39 is 0 Å². The fourth-order valence-corrected chi connectivity index (χ4v) is 4.86. The summed E-state index contributed by atoms with van der Waals surface area (Å²) in [6.07, 6.45) is 8.51. The molecule has 6 nitrogen and oxygen atoms in total. The van der Waals surface area contributed by atoms with Crippen molar-refractivity contribution in [1.82, 2.24) is 10.2 Å². The number of halogens is 1. The lowest BCUT2D eigenvalue weighted by atomic mass is 10.0. The third-order valence-electron chi connectivity index (χ3n) is 5.86. The summed E-state index contributed by atoms with van der Waals surface area (Å²) in [5, 5.41) is 3.28. The number of unbranched alkanes of at least 4 members (excludes halogenated alkanes) is 4. The van der Waals surface area contributed by atoms with Gasteiger partial charge in [-0.2, -0.15) is 0 Å². The normalized spacial score (nSPS) is 18.2. The molecule has 0 radical (unpaired) electrons. The van der Waals surface area contributed by atoms with E-state index in [4.69, 9.17) is 12.5 Å². The number of hydrogen-bond donors (Lipinski definition) is 1. The first-order chi connectivity index (χ1) is 14.7. The molecule has 1 aromatic rings. The molecule has 2 aliphatic rings. The molecule has 30 heavy (non-hydrogen) atoms. The number of fused-ring (bicyclic) bond motifs is 1. The predicted octanol–water partition coefficient (Wildman–Crippen LogP) is 4.81. The number of hydrogen-bond acceptors (Lipinski definition) is 5. The number of nitrogens with zero attached hydrogens (tertiary/aromatic N) is 1. The minimum atomic E-state index is -0.244. The van der Waals surface area contributed by atoms with Crippen LogP contribution in [-0.2, 0) is 7.86 Å². The number of amides is 1. The van der Waals surface area contributed by atoms with Gasteiger partial charge in [0.1, 0.15) is 42.3 Å². The summed E-state index contributed by atoms with van der Waals surface area (Å²) in [5.41, 5.74) is 1.00. The van der Waals surface area contributed by atoms with Gasteiger partial charge in [-0.1, -0.05) is 38.7 Å². The maximum absolute atomic E-state index is 12.7. The van der Waals surface area contributed by atoms with E-state index in [1.165, 1.54) is 32.1 Å². The van der Waals surface area contributed by atoms with E-state index in [2.05, 4.69) is 17.1 Å². The predicted molar refractivity (Wildman–Crippen MR) is 126 cm³/mol. The van der Waals surface area contributed by atoms with Gasteiger partial charge in [-0.3, -0.25) is 4.79 Å². The van der Waals surface area contributed by atoms with Gasteiger partial charge in [-0.15, -0.1) is 0 Å². The molecular formula is C23H35IN2O4. The lowest BCUT2D eigenvalue weighted by Gasteiger charge is -2.31. The average Bonchev–Trinajstić information content (AvgIpc) is 3.27. The van der Waals surface area contributed by atoms with Gasteiger partial charge in [0.05, 0.1) is 6.04 Å². The molecule has 1 amide bonds. The van der Waals surface area contributed by atoms with Crippen LogP contribution in [0.15, 0.2) is 18.2 Å². The standard InChI is InChI=1S/C23H35IN2O4/c1-2-3-4-5-6-9-22(27)25-19(17-26-12-7-8-13-26)23(30-24)18-10-11-20-21(16-18)29-15-14-28-20/h10-11,16,19,23H,2-9,12-15,17H2,1H3,(H,25,27). The van der Waals surface area contributed by atoms with Crippen LogP contribution >= 0.6 is 23.0 Å². The van der Waals surface area contributed by atoms with Crippen molar-refractivity contribution in [2.75, 3.05) is 32.8 Å². The highest BCUT2D eigenvalue weighted by Crippen LogP contribution is 2.35. The number of nitrogens with one attached hydrogen (secondary N) is 1. The van der Waals surface area contributed by atoms with Crippen molar-refractivity contribution in [2.45, 2.75) is 70.4 Å². The van der Waals surface area contributed by atoms with Gasteiger partial charge in [0.25, 0.3) is 0 Å². The van der Waals surface area contributed by atoms with Gasteiger partial charge >= 0.3 is 0 Å². The Morgan fingerprint density at radius 3 is 2.60 bits per heavy atom. The third kappa shape index (κ3) is 6.99. The topological polar surface area (TPSA) is 60.0 Å². The third-order valence-corrected chi connectivity index (χ3v) is 6.41. The molecule has 7 heteroatoms. The molecule has 0 aromatic heterocycles. The summed E-state index contributed by atoms with van der Waals surface area (Å²) in [6, 6.07) is 5.84. The van der Waals surface area contributed by atoms with Gasteiger partial charge < -0.3 is 22.8 Å². The van der Waals surface area contributed by atoms with E-state index in [9.17, 15) is 4.79 Å². The van der Waals surface area contributed by atoms with Crippen LogP contribution in [0.3, 0.4) is 0 Å². The van der Waals surface area contributed by atoms with Crippen LogP contribution in [0.5, 0.6) is 11.5 Å². The molecule has 1 aromatic carbocycles. The second-order valence-corrected chi connectivity index (χ2v) is 8.77. The van der Waals surface area contributed by atoms with Gasteiger partial charge in [0, 0.05) is 13.0 Å². The summed E-state index contributed by atoms with van der Waals surface area (Å²) in [4.78, 5) is 15.1. The van der Waals surface area contributed by atoms with Crippen LogP contribution in [0.25, 0.3) is 0 Å². The van der Waals surface area contributed by atoms with Crippen LogP contribution in [-0.4, -0.2) is 49.7 Å². The highest BCUT2D eigenvalue weighted by atomic mass is 127. The molecule has 0 spiro atoms. The summed E-state index contributed by atoms with van der Waals surface area (Å²) >= 11 is 1.96. The fourth-order valence-electron chi connectivity index (χ4n) is 4.21. The first-order valence-electron chi connectivity index (χ1n) is 11.4. The fraction of sp³-hybridized carbons (Fsp3) is 0.696. The van der Waals surface area contributed by atoms with Crippen LogP contribution in [0, 0.1) is 0 Å². The van der Waals surface area contributed by atoms with Crippen LogP contribution in [0.4, 0.5) is 0 Å². The first kappa shape index (κ1) is 23.6. The molecule has 2 atom stereocenters. The number of benzene rings is 1. The van der Waals surface area contributed by atoms with Crippen molar-refractivity contribution in [3.63, 3.8) is 0 Å². The maximum atomic E-state index is 12.7. The molecular weight excluding hydrogens is 495 g/mol. The highest BCUT2D eigenvalue weighted by molar-refractivity contribution is 14.1. The average molecular weight is 530 g/mol. The van der Waals surface area contributed by atoms with Crippen molar-refractivity contribution in [3.8, 4) is 11.5 Å². The molecule has 1 fully saturated rings. The van der Waals surface area contributed by atoms with E-state index in [0.29, 0.717) is 19.6 Å². The molecule has 168 valence electrons. The molecule has 2 aliphatic heterocycles.